The Balaban J connectivity index is 1.54. The van der Waals surface area contributed by atoms with Gasteiger partial charge in [0.15, 0.2) is 0 Å². The van der Waals surface area contributed by atoms with Crippen molar-refractivity contribution < 1.29 is 13.2 Å². The Labute approximate surface area is 167 Å². The van der Waals surface area contributed by atoms with Crippen molar-refractivity contribution in [1.82, 2.24) is 9.21 Å². The molecule has 3 rings (SSSR count). The minimum absolute atomic E-state index is 0.0349. The van der Waals surface area contributed by atoms with Crippen LogP contribution in [-0.4, -0.2) is 55.5 Å². The molecule has 0 spiro atoms. The van der Waals surface area contributed by atoms with Crippen LogP contribution in [0.25, 0.3) is 0 Å². The quantitative estimate of drug-likeness (QED) is 0.682. The first-order chi connectivity index (χ1) is 12.4. The standard InChI is InChI=1S/C17H19ClN2O3S3/c1-13-3-2-4-14(11-13)24-12-16(21)19-7-9-20(10-8-19)26(22,23)17-6-5-15(18)25-17/h2-6,11H,7-10,12H2,1H3. The summed E-state index contributed by atoms with van der Waals surface area (Å²) < 4.78 is 27.3. The Bertz CT molecular complexity index is 890. The van der Waals surface area contributed by atoms with E-state index in [4.69, 9.17) is 11.6 Å². The normalized spacial score (nSPS) is 16.0. The Morgan fingerprint density at radius 1 is 1.19 bits per heavy atom. The van der Waals surface area contributed by atoms with Crippen LogP contribution in [0.4, 0.5) is 0 Å². The lowest BCUT2D eigenvalue weighted by Gasteiger charge is -2.33. The van der Waals surface area contributed by atoms with Crippen LogP contribution < -0.4 is 0 Å². The lowest BCUT2D eigenvalue weighted by atomic mass is 10.2. The maximum absolute atomic E-state index is 12.6. The summed E-state index contributed by atoms with van der Waals surface area (Å²) in [6, 6.07) is 11.1. The fourth-order valence-corrected chi connectivity index (χ4v) is 6.66. The lowest BCUT2D eigenvalue weighted by molar-refractivity contribution is -0.129. The van der Waals surface area contributed by atoms with E-state index >= 15 is 0 Å². The van der Waals surface area contributed by atoms with E-state index < -0.39 is 10.0 Å². The number of carbonyl (C=O) groups excluding carboxylic acids is 1. The summed E-state index contributed by atoms with van der Waals surface area (Å²) in [6.07, 6.45) is 0. The zero-order chi connectivity index (χ0) is 18.7. The molecule has 2 heterocycles. The van der Waals surface area contributed by atoms with Gasteiger partial charge in [-0.15, -0.1) is 23.1 Å². The number of thiophene rings is 1. The number of benzene rings is 1. The van der Waals surface area contributed by atoms with Gasteiger partial charge in [-0.1, -0.05) is 29.3 Å². The highest BCUT2D eigenvalue weighted by molar-refractivity contribution is 8.00. The fraction of sp³-hybridized carbons (Fsp3) is 0.353. The molecular formula is C17H19ClN2O3S3. The van der Waals surface area contributed by atoms with Crippen molar-refractivity contribution in [3.63, 3.8) is 0 Å². The van der Waals surface area contributed by atoms with Crippen molar-refractivity contribution in [2.75, 3.05) is 31.9 Å². The van der Waals surface area contributed by atoms with Crippen molar-refractivity contribution in [2.24, 2.45) is 0 Å². The third-order valence-electron chi connectivity index (χ3n) is 4.09. The van der Waals surface area contributed by atoms with Crippen LogP contribution in [0.1, 0.15) is 5.56 Å². The average Bonchev–Trinajstić information content (AvgIpc) is 3.07. The summed E-state index contributed by atoms with van der Waals surface area (Å²) in [5.41, 5.74) is 1.16. The van der Waals surface area contributed by atoms with Gasteiger partial charge in [0.25, 0.3) is 10.0 Å². The third-order valence-corrected chi connectivity index (χ3v) is 8.66. The van der Waals surface area contributed by atoms with E-state index in [9.17, 15) is 13.2 Å². The molecule has 0 unspecified atom stereocenters. The minimum atomic E-state index is -3.53. The summed E-state index contributed by atoms with van der Waals surface area (Å²) in [7, 11) is -3.53. The number of carbonyl (C=O) groups is 1. The molecule has 0 radical (unpaired) electrons. The van der Waals surface area contributed by atoms with Crippen LogP contribution in [0.3, 0.4) is 0 Å². The van der Waals surface area contributed by atoms with Gasteiger partial charge in [-0.25, -0.2) is 8.42 Å². The molecule has 0 N–H and O–H groups in total. The Morgan fingerprint density at radius 2 is 1.92 bits per heavy atom. The lowest BCUT2D eigenvalue weighted by Crippen LogP contribution is -2.50. The zero-order valence-electron chi connectivity index (χ0n) is 14.2. The van der Waals surface area contributed by atoms with Crippen LogP contribution in [-0.2, 0) is 14.8 Å². The predicted molar refractivity (Wildman–Crippen MR) is 107 cm³/mol. The highest BCUT2D eigenvalue weighted by Gasteiger charge is 2.31. The Morgan fingerprint density at radius 3 is 2.54 bits per heavy atom. The number of nitrogens with zero attached hydrogens (tertiary/aromatic N) is 2. The van der Waals surface area contributed by atoms with Gasteiger partial charge in [-0.2, -0.15) is 4.31 Å². The predicted octanol–water partition coefficient (Wildman–Crippen LogP) is 3.34. The molecule has 9 heteroatoms. The number of hydrogen-bond donors (Lipinski definition) is 0. The van der Waals surface area contributed by atoms with Crippen LogP contribution in [0.5, 0.6) is 0 Å². The van der Waals surface area contributed by atoms with Crippen molar-refractivity contribution >= 4 is 50.6 Å². The van der Waals surface area contributed by atoms with E-state index in [-0.39, 0.29) is 10.1 Å². The van der Waals surface area contributed by atoms with Crippen LogP contribution in [0.2, 0.25) is 4.34 Å². The first-order valence-corrected chi connectivity index (χ1v) is 11.7. The van der Waals surface area contributed by atoms with E-state index in [1.165, 1.54) is 22.1 Å². The number of hydrogen-bond acceptors (Lipinski definition) is 5. The molecule has 1 saturated heterocycles. The topological polar surface area (TPSA) is 57.7 Å². The minimum Gasteiger partial charge on any atom is -0.339 e. The van der Waals surface area contributed by atoms with Gasteiger partial charge in [-0.3, -0.25) is 4.79 Å². The van der Waals surface area contributed by atoms with Gasteiger partial charge >= 0.3 is 0 Å². The van der Waals surface area contributed by atoms with Gasteiger partial charge < -0.3 is 4.90 Å². The molecule has 0 saturated carbocycles. The largest absolute Gasteiger partial charge is 0.339 e. The second-order valence-electron chi connectivity index (χ2n) is 5.95. The summed E-state index contributed by atoms with van der Waals surface area (Å²) in [5.74, 6) is 0.393. The zero-order valence-corrected chi connectivity index (χ0v) is 17.4. The Hall–Kier alpha value is -1.06. The van der Waals surface area contributed by atoms with Crippen molar-refractivity contribution in [2.45, 2.75) is 16.0 Å². The monoisotopic (exact) mass is 430 g/mol. The summed E-state index contributed by atoms with van der Waals surface area (Å²) >= 11 is 8.41. The third kappa shape index (κ3) is 4.61. The first kappa shape index (κ1) is 19.7. The van der Waals surface area contributed by atoms with Crippen LogP contribution >= 0.6 is 34.7 Å². The number of aryl methyl sites for hydroxylation is 1. The highest BCUT2D eigenvalue weighted by Crippen LogP contribution is 2.28. The van der Waals surface area contributed by atoms with E-state index in [0.29, 0.717) is 36.3 Å². The van der Waals surface area contributed by atoms with Gasteiger partial charge in [0, 0.05) is 31.1 Å². The molecule has 0 bridgehead atoms. The second-order valence-corrected chi connectivity index (χ2v) is 10.9. The van der Waals surface area contributed by atoms with E-state index in [0.717, 1.165) is 21.8 Å². The summed E-state index contributed by atoms with van der Waals surface area (Å²) in [4.78, 5) is 15.2. The maximum Gasteiger partial charge on any atom is 0.252 e. The summed E-state index contributed by atoms with van der Waals surface area (Å²) in [5, 5.41) is 0. The number of piperazine rings is 1. The molecular weight excluding hydrogens is 412 g/mol. The molecule has 1 aromatic heterocycles. The van der Waals surface area contributed by atoms with Crippen molar-refractivity contribution in [3.8, 4) is 0 Å². The summed E-state index contributed by atoms with van der Waals surface area (Å²) in [6.45, 7) is 3.45. The highest BCUT2D eigenvalue weighted by atomic mass is 35.5. The van der Waals surface area contributed by atoms with E-state index in [1.54, 1.807) is 11.0 Å². The van der Waals surface area contributed by atoms with Crippen molar-refractivity contribution in [1.29, 1.82) is 0 Å². The molecule has 140 valence electrons. The molecule has 26 heavy (non-hydrogen) atoms. The number of thioether (sulfide) groups is 1. The molecule has 2 aromatic rings. The van der Waals surface area contributed by atoms with E-state index in [2.05, 4.69) is 6.07 Å². The van der Waals surface area contributed by atoms with Crippen molar-refractivity contribution in [3.05, 3.63) is 46.3 Å². The number of rotatable bonds is 5. The molecule has 1 aliphatic heterocycles. The van der Waals surface area contributed by atoms with Gasteiger partial charge in [0.1, 0.15) is 4.21 Å². The molecule has 1 aromatic carbocycles. The number of halogens is 1. The number of sulfonamides is 1. The molecule has 1 aliphatic rings. The fourth-order valence-electron chi connectivity index (χ4n) is 2.68. The van der Waals surface area contributed by atoms with E-state index in [1.807, 2.05) is 25.1 Å². The molecule has 0 aliphatic carbocycles. The molecule has 1 amide bonds. The van der Waals surface area contributed by atoms with Gasteiger partial charge in [0.2, 0.25) is 5.91 Å². The van der Waals surface area contributed by atoms with Gasteiger partial charge in [0.05, 0.1) is 10.1 Å². The Kier molecular flexibility index (Phi) is 6.29. The second kappa shape index (κ2) is 8.31. The SMILES string of the molecule is Cc1cccc(SCC(=O)N2CCN(S(=O)(=O)c3ccc(Cl)s3)CC2)c1. The molecule has 0 atom stereocenters. The molecule has 1 fully saturated rings. The maximum atomic E-state index is 12.6. The van der Waals surface area contributed by atoms with Gasteiger partial charge in [-0.05, 0) is 31.2 Å². The molecule has 5 nitrogen and oxygen atoms in total. The smallest absolute Gasteiger partial charge is 0.252 e. The van der Waals surface area contributed by atoms with Crippen LogP contribution in [0, 0.1) is 6.92 Å². The number of amides is 1. The van der Waals surface area contributed by atoms with Crippen LogP contribution in [0.15, 0.2) is 45.5 Å². The first-order valence-electron chi connectivity index (χ1n) is 8.09. The average molecular weight is 431 g/mol.